The predicted octanol–water partition coefficient (Wildman–Crippen LogP) is 1.04. The normalized spacial score (nSPS) is 30.4. The van der Waals surface area contributed by atoms with E-state index < -0.39 is 5.97 Å². The zero-order valence-electron chi connectivity index (χ0n) is 11.9. The largest absolute Gasteiger partial charge is 0.481 e. The average molecular weight is 270 g/mol. The summed E-state index contributed by atoms with van der Waals surface area (Å²) in [5.41, 5.74) is 0. The van der Waals surface area contributed by atoms with Gasteiger partial charge in [0.1, 0.15) is 0 Å². The molecule has 5 nitrogen and oxygen atoms in total. The van der Waals surface area contributed by atoms with Crippen LogP contribution in [0, 0.1) is 0 Å². The summed E-state index contributed by atoms with van der Waals surface area (Å²) >= 11 is 0. The first-order chi connectivity index (χ1) is 9.19. The third-order valence-electron chi connectivity index (χ3n) is 4.36. The molecule has 5 heteroatoms. The van der Waals surface area contributed by atoms with Crippen LogP contribution in [0.4, 0.5) is 0 Å². The lowest BCUT2D eigenvalue weighted by molar-refractivity contribution is -0.137. The molecule has 0 aromatic carbocycles. The molecule has 110 valence electrons. The highest BCUT2D eigenvalue weighted by Crippen LogP contribution is 2.22. The van der Waals surface area contributed by atoms with Crippen molar-refractivity contribution < 1.29 is 14.6 Å². The van der Waals surface area contributed by atoms with Gasteiger partial charge in [-0.2, -0.15) is 0 Å². The summed E-state index contributed by atoms with van der Waals surface area (Å²) in [4.78, 5) is 15.4. The molecule has 0 bridgehead atoms. The van der Waals surface area contributed by atoms with Crippen LogP contribution in [0.15, 0.2) is 0 Å². The van der Waals surface area contributed by atoms with E-state index in [2.05, 4.69) is 16.7 Å². The Labute approximate surface area is 115 Å². The van der Waals surface area contributed by atoms with Crippen LogP contribution < -0.4 is 0 Å². The summed E-state index contributed by atoms with van der Waals surface area (Å²) in [6, 6.07) is 0.667. The fourth-order valence-corrected chi connectivity index (χ4v) is 3.08. The van der Waals surface area contributed by atoms with E-state index in [0.717, 1.165) is 52.0 Å². The summed E-state index contributed by atoms with van der Waals surface area (Å²) in [6.07, 6.45) is 4.10. The quantitative estimate of drug-likeness (QED) is 0.809. The van der Waals surface area contributed by atoms with Crippen LogP contribution >= 0.6 is 0 Å². The minimum atomic E-state index is -0.697. The molecule has 2 saturated heterocycles. The van der Waals surface area contributed by atoms with E-state index in [9.17, 15) is 4.79 Å². The van der Waals surface area contributed by atoms with E-state index in [1.54, 1.807) is 0 Å². The molecule has 2 fully saturated rings. The Morgan fingerprint density at radius 3 is 2.68 bits per heavy atom. The number of aliphatic carboxylic acids is 1. The second-order valence-corrected chi connectivity index (χ2v) is 5.60. The van der Waals surface area contributed by atoms with Gasteiger partial charge >= 0.3 is 5.97 Å². The summed E-state index contributed by atoms with van der Waals surface area (Å²) in [5, 5.41) is 8.71. The topological polar surface area (TPSA) is 53.0 Å². The molecule has 0 amide bonds. The van der Waals surface area contributed by atoms with Gasteiger partial charge in [-0.25, -0.2) is 0 Å². The fourth-order valence-electron chi connectivity index (χ4n) is 3.08. The maximum Gasteiger partial charge on any atom is 0.304 e. The van der Waals surface area contributed by atoms with Crippen molar-refractivity contribution in [2.75, 3.05) is 39.3 Å². The molecule has 0 aromatic heterocycles. The Hall–Kier alpha value is -0.650. The second-order valence-electron chi connectivity index (χ2n) is 5.60. The van der Waals surface area contributed by atoms with Gasteiger partial charge in [0.25, 0.3) is 0 Å². The third kappa shape index (κ3) is 4.44. The Kier molecular flexibility index (Phi) is 5.60. The van der Waals surface area contributed by atoms with Gasteiger partial charge in [-0.15, -0.1) is 0 Å². The molecule has 2 aliphatic heterocycles. The Morgan fingerprint density at radius 2 is 2.05 bits per heavy atom. The van der Waals surface area contributed by atoms with Gasteiger partial charge < -0.3 is 14.7 Å². The number of carbonyl (C=O) groups is 1. The van der Waals surface area contributed by atoms with Gasteiger partial charge in [-0.3, -0.25) is 9.69 Å². The summed E-state index contributed by atoms with van der Waals surface area (Å²) in [5.74, 6) is -0.697. The first-order valence-electron chi connectivity index (χ1n) is 7.49. The molecule has 2 atom stereocenters. The number of ether oxygens (including phenoxy) is 1. The number of hydrogen-bond donors (Lipinski definition) is 1. The number of piperazine rings is 1. The fraction of sp³-hybridized carbons (Fsp3) is 0.929. The minimum absolute atomic E-state index is 0.259. The lowest BCUT2D eigenvalue weighted by Crippen LogP contribution is -2.52. The van der Waals surface area contributed by atoms with Gasteiger partial charge in [0.2, 0.25) is 0 Å². The highest BCUT2D eigenvalue weighted by Gasteiger charge is 2.28. The van der Waals surface area contributed by atoms with Gasteiger partial charge in [0.05, 0.1) is 12.5 Å². The molecule has 0 saturated carbocycles. The third-order valence-corrected chi connectivity index (χ3v) is 4.36. The molecule has 2 aliphatic rings. The van der Waals surface area contributed by atoms with Gasteiger partial charge in [-0.1, -0.05) is 6.92 Å². The van der Waals surface area contributed by atoms with Gasteiger partial charge in [-0.05, 0) is 19.3 Å². The van der Waals surface area contributed by atoms with Crippen molar-refractivity contribution >= 4 is 5.97 Å². The molecule has 19 heavy (non-hydrogen) atoms. The van der Waals surface area contributed by atoms with Crippen LogP contribution in [0.1, 0.15) is 32.6 Å². The molecular formula is C14H26N2O3. The lowest BCUT2D eigenvalue weighted by atomic mass is 9.99. The number of nitrogens with zero attached hydrogens (tertiary/aromatic N) is 2. The van der Waals surface area contributed by atoms with Crippen molar-refractivity contribution in [1.82, 2.24) is 9.80 Å². The Morgan fingerprint density at radius 1 is 1.32 bits per heavy atom. The van der Waals surface area contributed by atoms with Crippen LogP contribution in [0.2, 0.25) is 0 Å². The van der Waals surface area contributed by atoms with Crippen LogP contribution in [0.3, 0.4) is 0 Å². The zero-order valence-corrected chi connectivity index (χ0v) is 11.9. The SMILES string of the molecule is CCC1CC(N2CCN(CCC(=O)O)CC2)CCO1. The van der Waals surface area contributed by atoms with Crippen molar-refractivity contribution in [2.24, 2.45) is 0 Å². The minimum Gasteiger partial charge on any atom is -0.481 e. The molecular weight excluding hydrogens is 244 g/mol. The van der Waals surface area contributed by atoms with E-state index in [-0.39, 0.29) is 6.42 Å². The average Bonchev–Trinajstić information content (AvgIpc) is 2.45. The Balaban J connectivity index is 1.72. The predicted molar refractivity (Wildman–Crippen MR) is 73.3 cm³/mol. The molecule has 0 aromatic rings. The summed E-state index contributed by atoms with van der Waals surface area (Å²) in [6.45, 7) is 7.91. The monoisotopic (exact) mass is 270 g/mol. The van der Waals surface area contributed by atoms with Crippen molar-refractivity contribution in [3.8, 4) is 0 Å². The number of carboxylic acid groups (broad SMARTS) is 1. The molecule has 1 N–H and O–H groups in total. The maximum atomic E-state index is 10.6. The van der Waals surface area contributed by atoms with E-state index in [1.165, 1.54) is 0 Å². The van der Waals surface area contributed by atoms with Crippen LogP contribution in [-0.4, -0.2) is 72.4 Å². The van der Waals surface area contributed by atoms with Crippen LogP contribution in [-0.2, 0) is 9.53 Å². The maximum absolute atomic E-state index is 10.6. The van der Waals surface area contributed by atoms with E-state index >= 15 is 0 Å². The second kappa shape index (κ2) is 7.22. The molecule has 2 unspecified atom stereocenters. The van der Waals surface area contributed by atoms with Gasteiger partial charge in [0, 0.05) is 45.4 Å². The van der Waals surface area contributed by atoms with E-state index in [1.807, 2.05) is 0 Å². The van der Waals surface area contributed by atoms with Gasteiger partial charge in [0.15, 0.2) is 0 Å². The van der Waals surface area contributed by atoms with E-state index in [0.29, 0.717) is 18.7 Å². The molecule has 0 radical (unpaired) electrons. The van der Waals surface area contributed by atoms with Crippen LogP contribution in [0.5, 0.6) is 0 Å². The van der Waals surface area contributed by atoms with Crippen molar-refractivity contribution in [3.63, 3.8) is 0 Å². The molecule has 0 spiro atoms. The summed E-state index contributed by atoms with van der Waals surface area (Å²) < 4.78 is 5.73. The summed E-state index contributed by atoms with van der Waals surface area (Å²) in [7, 11) is 0. The number of carboxylic acids is 1. The van der Waals surface area contributed by atoms with Crippen molar-refractivity contribution in [2.45, 2.75) is 44.8 Å². The first kappa shape index (κ1) is 14.8. The Bertz CT molecular complexity index is 290. The van der Waals surface area contributed by atoms with E-state index in [4.69, 9.17) is 9.84 Å². The smallest absolute Gasteiger partial charge is 0.304 e. The first-order valence-corrected chi connectivity index (χ1v) is 7.49. The molecule has 0 aliphatic carbocycles. The zero-order chi connectivity index (χ0) is 13.7. The van der Waals surface area contributed by atoms with Crippen molar-refractivity contribution in [3.05, 3.63) is 0 Å². The number of rotatable bonds is 5. The van der Waals surface area contributed by atoms with Crippen LogP contribution in [0.25, 0.3) is 0 Å². The molecule has 2 heterocycles. The highest BCUT2D eigenvalue weighted by molar-refractivity contribution is 5.66. The lowest BCUT2D eigenvalue weighted by Gasteiger charge is -2.42. The highest BCUT2D eigenvalue weighted by atomic mass is 16.5. The van der Waals surface area contributed by atoms with Crippen molar-refractivity contribution in [1.29, 1.82) is 0 Å². The number of hydrogen-bond acceptors (Lipinski definition) is 4. The standard InChI is InChI=1S/C14H26N2O3/c1-2-13-11-12(4-10-19-13)16-8-6-15(7-9-16)5-3-14(17)18/h12-13H,2-11H2,1H3,(H,17,18). The molecule has 2 rings (SSSR count).